The Morgan fingerprint density at radius 1 is 1.11 bits per heavy atom. The average Bonchev–Trinajstić information content (AvgIpc) is 2.65. The molecule has 0 aliphatic carbocycles. The molecule has 0 saturated carbocycles. The molecule has 2 nitrogen and oxygen atoms in total. The normalized spacial score (nSPS) is 19.1. The van der Waals surface area contributed by atoms with E-state index in [0.29, 0.717) is 12.1 Å². The second-order valence-corrected chi connectivity index (χ2v) is 5.31. The highest BCUT2D eigenvalue weighted by Gasteiger charge is 2.19. The maximum atomic E-state index is 13.8. The zero-order chi connectivity index (χ0) is 13.7. The molecule has 106 valence electrons. The van der Waals surface area contributed by atoms with Crippen LogP contribution in [-0.2, 0) is 0 Å². The molecule has 1 saturated heterocycles. The van der Waals surface area contributed by atoms with Gasteiger partial charge in [-0.2, -0.15) is 0 Å². The third kappa shape index (κ3) is 3.98. The molecule has 4 heteroatoms. The molecule has 0 amide bonds. The maximum absolute atomic E-state index is 13.8. The second kappa shape index (κ2) is 6.96. The minimum Gasteiger partial charge on any atom is -0.330 e. The van der Waals surface area contributed by atoms with Crippen LogP contribution in [0.25, 0.3) is 0 Å². The Kier molecular flexibility index (Phi) is 5.28. The number of benzene rings is 1. The summed E-state index contributed by atoms with van der Waals surface area (Å²) in [6, 6.07) is 3.78. The molecular formula is C15H22F2N2. The van der Waals surface area contributed by atoms with Gasteiger partial charge in [-0.25, -0.2) is 8.78 Å². The summed E-state index contributed by atoms with van der Waals surface area (Å²) in [5.41, 5.74) is 6.32. The monoisotopic (exact) mass is 268 g/mol. The largest absolute Gasteiger partial charge is 0.330 e. The number of hydrogen-bond donors (Lipinski definition) is 1. The smallest absolute Gasteiger partial charge is 0.129 e. The molecule has 2 rings (SSSR count). The summed E-state index contributed by atoms with van der Waals surface area (Å²) >= 11 is 0. The summed E-state index contributed by atoms with van der Waals surface area (Å²) in [5.74, 6) is -1.07. The molecule has 0 bridgehead atoms. The number of nitrogens with two attached hydrogens (primary N) is 1. The van der Waals surface area contributed by atoms with E-state index in [1.807, 2.05) is 0 Å². The lowest BCUT2D eigenvalue weighted by Crippen LogP contribution is -2.33. The zero-order valence-corrected chi connectivity index (χ0v) is 11.2. The molecule has 2 N–H and O–H groups in total. The number of nitrogens with zero attached hydrogens (tertiary/aromatic N) is 1. The molecule has 0 spiro atoms. The Hall–Kier alpha value is -1.00. The fourth-order valence-corrected chi connectivity index (χ4v) is 2.76. The van der Waals surface area contributed by atoms with Crippen molar-refractivity contribution in [3.8, 4) is 0 Å². The van der Waals surface area contributed by atoms with E-state index in [-0.39, 0.29) is 5.92 Å². The Morgan fingerprint density at radius 3 is 2.37 bits per heavy atom. The van der Waals surface area contributed by atoms with Gasteiger partial charge in [-0.3, -0.25) is 0 Å². The highest BCUT2D eigenvalue weighted by Crippen LogP contribution is 2.22. The molecule has 0 aromatic heterocycles. The predicted octanol–water partition coefficient (Wildman–Crippen LogP) is 2.88. The van der Waals surface area contributed by atoms with Crippen LogP contribution in [0.15, 0.2) is 18.2 Å². The summed E-state index contributed by atoms with van der Waals surface area (Å²) in [5, 5.41) is 0. The first-order chi connectivity index (χ1) is 9.20. The number of hydrogen-bond acceptors (Lipinski definition) is 2. The van der Waals surface area contributed by atoms with Gasteiger partial charge in [0.2, 0.25) is 0 Å². The molecule has 1 atom stereocenters. The molecule has 1 unspecified atom stereocenters. The highest BCUT2D eigenvalue weighted by molar-refractivity contribution is 5.23. The fourth-order valence-electron chi connectivity index (χ4n) is 2.76. The summed E-state index contributed by atoms with van der Waals surface area (Å²) in [4.78, 5) is 2.35. The second-order valence-electron chi connectivity index (χ2n) is 5.31. The van der Waals surface area contributed by atoms with Crippen LogP contribution < -0.4 is 5.73 Å². The first-order valence-corrected chi connectivity index (χ1v) is 7.08. The van der Waals surface area contributed by atoms with Crippen molar-refractivity contribution in [1.29, 1.82) is 0 Å². The van der Waals surface area contributed by atoms with E-state index >= 15 is 0 Å². The summed E-state index contributed by atoms with van der Waals surface area (Å²) < 4.78 is 26.8. The van der Waals surface area contributed by atoms with Gasteiger partial charge in [-0.1, -0.05) is 18.9 Å². The van der Waals surface area contributed by atoms with E-state index in [1.165, 1.54) is 37.8 Å². The van der Waals surface area contributed by atoms with Crippen LogP contribution in [0.5, 0.6) is 0 Å². The number of halogens is 2. The minimum atomic E-state index is -0.535. The van der Waals surface area contributed by atoms with Crippen LogP contribution in [0.2, 0.25) is 0 Å². The minimum absolute atomic E-state index is 0.0568. The lowest BCUT2D eigenvalue weighted by Gasteiger charge is -2.26. The Balaban J connectivity index is 2.06. The van der Waals surface area contributed by atoms with Crippen molar-refractivity contribution < 1.29 is 8.78 Å². The van der Waals surface area contributed by atoms with Crippen LogP contribution in [-0.4, -0.2) is 31.1 Å². The van der Waals surface area contributed by atoms with Gasteiger partial charge in [0.25, 0.3) is 0 Å². The van der Waals surface area contributed by atoms with Crippen molar-refractivity contribution in [1.82, 2.24) is 4.90 Å². The first-order valence-electron chi connectivity index (χ1n) is 7.08. The van der Waals surface area contributed by atoms with E-state index < -0.39 is 11.6 Å². The van der Waals surface area contributed by atoms with Crippen molar-refractivity contribution in [3.05, 3.63) is 35.4 Å². The molecule has 1 aromatic carbocycles. The predicted molar refractivity (Wildman–Crippen MR) is 73.1 cm³/mol. The summed E-state index contributed by atoms with van der Waals surface area (Å²) in [7, 11) is 0. The van der Waals surface area contributed by atoms with Crippen LogP contribution in [0.3, 0.4) is 0 Å². The van der Waals surface area contributed by atoms with E-state index in [2.05, 4.69) is 4.90 Å². The van der Waals surface area contributed by atoms with E-state index in [0.717, 1.165) is 25.7 Å². The molecule has 0 radical (unpaired) electrons. The molecule has 19 heavy (non-hydrogen) atoms. The highest BCUT2D eigenvalue weighted by atomic mass is 19.1. The maximum Gasteiger partial charge on any atom is 0.129 e. The lowest BCUT2D eigenvalue weighted by atomic mass is 9.97. The molecule has 1 aliphatic heterocycles. The summed E-state index contributed by atoms with van der Waals surface area (Å²) in [6.45, 7) is 3.26. The molecule has 1 heterocycles. The SMILES string of the molecule is NCC(CN1CCCCCC1)c1ccc(F)cc1F. The Morgan fingerprint density at radius 2 is 1.79 bits per heavy atom. The van der Waals surface area contributed by atoms with Gasteiger partial charge < -0.3 is 10.6 Å². The van der Waals surface area contributed by atoms with Crippen LogP contribution >= 0.6 is 0 Å². The Bertz CT molecular complexity index is 401. The van der Waals surface area contributed by atoms with Crippen molar-refractivity contribution >= 4 is 0 Å². The number of likely N-dealkylation sites (tertiary alicyclic amines) is 1. The van der Waals surface area contributed by atoms with Gasteiger partial charge in [0.05, 0.1) is 0 Å². The quantitative estimate of drug-likeness (QED) is 0.909. The average molecular weight is 268 g/mol. The molecule has 1 aromatic rings. The van der Waals surface area contributed by atoms with Gasteiger partial charge in [0.1, 0.15) is 11.6 Å². The summed E-state index contributed by atoms with van der Waals surface area (Å²) in [6.07, 6.45) is 4.94. The van der Waals surface area contributed by atoms with Gasteiger partial charge in [0.15, 0.2) is 0 Å². The van der Waals surface area contributed by atoms with E-state index in [1.54, 1.807) is 0 Å². The van der Waals surface area contributed by atoms with Gasteiger partial charge in [0, 0.05) is 25.1 Å². The third-order valence-corrected chi connectivity index (χ3v) is 3.86. The van der Waals surface area contributed by atoms with Crippen LogP contribution in [0.1, 0.15) is 37.2 Å². The van der Waals surface area contributed by atoms with Crippen molar-refractivity contribution in [2.24, 2.45) is 5.73 Å². The number of rotatable bonds is 4. The van der Waals surface area contributed by atoms with Gasteiger partial charge in [-0.05, 0) is 37.6 Å². The molecule has 1 aliphatic rings. The van der Waals surface area contributed by atoms with E-state index in [9.17, 15) is 8.78 Å². The molecular weight excluding hydrogens is 246 g/mol. The standard InChI is InChI=1S/C15H22F2N2/c16-13-5-6-14(15(17)9-13)12(10-18)11-19-7-3-1-2-4-8-19/h5-6,9,12H,1-4,7-8,10-11,18H2. The first kappa shape index (κ1) is 14.4. The third-order valence-electron chi connectivity index (χ3n) is 3.86. The van der Waals surface area contributed by atoms with Crippen molar-refractivity contribution in [2.45, 2.75) is 31.6 Å². The van der Waals surface area contributed by atoms with E-state index in [4.69, 9.17) is 5.73 Å². The lowest BCUT2D eigenvalue weighted by molar-refractivity contribution is 0.265. The van der Waals surface area contributed by atoms with Crippen LogP contribution in [0.4, 0.5) is 8.78 Å². The topological polar surface area (TPSA) is 29.3 Å². The van der Waals surface area contributed by atoms with Gasteiger partial charge in [-0.15, -0.1) is 0 Å². The Labute approximate surface area is 113 Å². The van der Waals surface area contributed by atoms with Crippen molar-refractivity contribution in [2.75, 3.05) is 26.2 Å². The molecule has 1 fully saturated rings. The van der Waals surface area contributed by atoms with Crippen LogP contribution in [0, 0.1) is 11.6 Å². The van der Waals surface area contributed by atoms with Crippen molar-refractivity contribution in [3.63, 3.8) is 0 Å². The fraction of sp³-hybridized carbons (Fsp3) is 0.600. The zero-order valence-electron chi connectivity index (χ0n) is 11.2. The van der Waals surface area contributed by atoms with Gasteiger partial charge >= 0.3 is 0 Å².